The van der Waals surface area contributed by atoms with Gasteiger partial charge in [0.1, 0.15) is 18.3 Å². The van der Waals surface area contributed by atoms with Crippen molar-refractivity contribution < 1.29 is 18.3 Å². The summed E-state index contributed by atoms with van der Waals surface area (Å²) in [5.74, 6) is -0.0514. The third-order valence-electron chi connectivity index (χ3n) is 5.45. The summed E-state index contributed by atoms with van der Waals surface area (Å²) in [6, 6.07) is 2.83. The van der Waals surface area contributed by atoms with Crippen LogP contribution in [-0.4, -0.2) is 52.9 Å². The summed E-state index contributed by atoms with van der Waals surface area (Å²) in [5, 5.41) is 0.653. The van der Waals surface area contributed by atoms with Gasteiger partial charge in [-0.3, -0.25) is 4.90 Å². The van der Waals surface area contributed by atoms with E-state index >= 15 is 0 Å². The second kappa shape index (κ2) is 7.59. The van der Waals surface area contributed by atoms with E-state index in [2.05, 4.69) is 14.9 Å². The Morgan fingerprint density at radius 2 is 2.14 bits per heavy atom. The van der Waals surface area contributed by atoms with E-state index in [0.717, 1.165) is 19.4 Å². The number of hydrogen-bond acceptors (Lipinski definition) is 5. The van der Waals surface area contributed by atoms with Crippen LogP contribution in [0.1, 0.15) is 33.1 Å². The molecule has 0 N–H and O–H groups in total. The molecule has 2 unspecified atom stereocenters. The van der Waals surface area contributed by atoms with Crippen LogP contribution in [0.15, 0.2) is 12.1 Å². The predicted molar refractivity (Wildman–Crippen MR) is 103 cm³/mol. The zero-order valence-electron chi connectivity index (χ0n) is 16.1. The Kier molecular flexibility index (Phi) is 5.31. The molecule has 2 aliphatic heterocycles. The molecular weight excluding hydrogens is 388 g/mol. The topological polar surface area (TPSA) is 47.5 Å². The van der Waals surface area contributed by atoms with Crippen molar-refractivity contribution in [1.29, 1.82) is 0 Å². The molecular formula is C20H24ClF2N3O2. The highest BCUT2D eigenvalue weighted by molar-refractivity contribution is 6.31. The number of rotatable bonds is 6. The highest BCUT2D eigenvalue weighted by Gasteiger charge is 2.49. The Hall–Kier alpha value is -1.73. The molecule has 3 heterocycles. The van der Waals surface area contributed by atoms with Crippen LogP contribution in [0, 0.1) is 11.7 Å². The van der Waals surface area contributed by atoms with Gasteiger partial charge in [-0.1, -0.05) is 25.4 Å². The minimum absolute atomic E-state index is 0.0380. The fourth-order valence-electron chi connectivity index (χ4n) is 4.18. The van der Waals surface area contributed by atoms with Crippen molar-refractivity contribution in [2.45, 2.75) is 44.8 Å². The summed E-state index contributed by atoms with van der Waals surface area (Å²) in [4.78, 5) is 10.7. The van der Waals surface area contributed by atoms with Gasteiger partial charge in [0.15, 0.2) is 5.82 Å². The highest BCUT2D eigenvalue weighted by Crippen LogP contribution is 2.40. The number of ether oxygens (including phenoxy) is 2. The molecule has 0 radical (unpaired) electrons. The molecule has 0 spiro atoms. The molecule has 2 saturated heterocycles. The molecule has 152 valence electrons. The quantitative estimate of drug-likeness (QED) is 0.704. The van der Waals surface area contributed by atoms with Gasteiger partial charge < -0.3 is 9.47 Å². The molecule has 0 bridgehead atoms. The first-order chi connectivity index (χ1) is 13.4. The summed E-state index contributed by atoms with van der Waals surface area (Å²) >= 11 is 6.00. The Bertz CT molecular complexity index is 882. The molecule has 2 aliphatic rings. The first-order valence-corrected chi connectivity index (χ1v) is 10.1. The second-order valence-electron chi connectivity index (χ2n) is 8.16. The van der Waals surface area contributed by atoms with Crippen molar-refractivity contribution in [3.05, 3.63) is 23.0 Å². The molecule has 1 aromatic carbocycles. The van der Waals surface area contributed by atoms with Crippen LogP contribution < -0.4 is 9.47 Å². The van der Waals surface area contributed by atoms with Crippen LogP contribution in [0.2, 0.25) is 5.02 Å². The van der Waals surface area contributed by atoms with Crippen LogP contribution in [0.25, 0.3) is 10.9 Å². The number of hydrogen-bond donors (Lipinski definition) is 0. The van der Waals surface area contributed by atoms with Gasteiger partial charge in [0.05, 0.1) is 17.5 Å². The fraction of sp³-hybridized carbons (Fsp3) is 0.600. The van der Waals surface area contributed by atoms with E-state index < -0.39 is 12.0 Å². The summed E-state index contributed by atoms with van der Waals surface area (Å²) in [6.45, 7) is 6.03. The van der Waals surface area contributed by atoms with Gasteiger partial charge in [-0.25, -0.2) is 8.78 Å². The maximum atomic E-state index is 14.5. The molecule has 8 heteroatoms. The average molecular weight is 412 g/mol. The molecule has 1 aromatic heterocycles. The average Bonchev–Trinajstić information content (AvgIpc) is 3.14. The summed E-state index contributed by atoms with van der Waals surface area (Å²) < 4.78 is 40.1. The lowest BCUT2D eigenvalue weighted by Gasteiger charge is -2.30. The van der Waals surface area contributed by atoms with Crippen molar-refractivity contribution in [1.82, 2.24) is 14.9 Å². The van der Waals surface area contributed by atoms with E-state index in [1.165, 1.54) is 6.07 Å². The van der Waals surface area contributed by atoms with Crippen molar-refractivity contribution in [2.24, 2.45) is 5.92 Å². The first kappa shape index (κ1) is 19.6. The van der Waals surface area contributed by atoms with Crippen molar-refractivity contribution in [3.63, 3.8) is 0 Å². The summed E-state index contributed by atoms with van der Waals surface area (Å²) in [7, 11) is 0. The van der Waals surface area contributed by atoms with Gasteiger partial charge >= 0.3 is 6.01 Å². The van der Waals surface area contributed by atoms with Gasteiger partial charge in [0.25, 0.3) is 0 Å². The maximum Gasteiger partial charge on any atom is 0.320 e. The molecule has 2 aromatic rings. The number of alkyl halides is 1. The van der Waals surface area contributed by atoms with E-state index in [4.69, 9.17) is 21.1 Å². The lowest BCUT2D eigenvalue weighted by Crippen LogP contribution is -2.43. The Morgan fingerprint density at radius 3 is 2.93 bits per heavy atom. The maximum absolute atomic E-state index is 14.5. The standard InChI is InChI=1S/C20H24ClF2N3O2/c1-12(2)10-27-18-15-6-13(21)7-16(23)17(15)24-19(25-18)28-11-20-4-3-5-26(20)9-14(22)8-20/h6-7,12,14H,3-5,8-11H2,1-2H3. The minimum atomic E-state index is -0.842. The van der Waals surface area contributed by atoms with Crippen LogP contribution in [0.5, 0.6) is 11.9 Å². The molecule has 5 nitrogen and oxygen atoms in total. The van der Waals surface area contributed by atoms with E-state index in [-0.39, 0.29) is 40.5 Å². The van der Waals surface area contributed by atoms with E-state index in [0.29, 0.717) is 25.0 Å². The van der Waals surface area contributed by atoms with Crippen LogP contribution in [0.3, 0.4) is 0 Å². The molecule has 28 heavy (non-hydrogen) atoms. The Morgan fingerprint density at radius 1 is 1.32 bits per heavy atom. The fourth-order valence-corrected chi connectivity index (χ4v) is 4.38. The van der Waals surface area contributed by atoms with Crippen molar-refractivity contribution in [3.8, 4) is 11.9 Å². The minimum Gasteiger partial charge on any atom is -0.477 e. The number of aromatic nitrogens is 2. The third kappa shape index (κ3) is 3.74. The SMILES string of the molecule is CC(C)COc1nc(OCC23CCCN2CC(F)C3)nc2c(F)cc(Cl)cc12. The molecule has 0 amide bonds. The van der Waals surface area contributed by atoms with Gasteiger partial charge in [-0.15, -0.1) is 0 Å². The van der Waals surface area contributed by atoms with Gasteiger partial charge in [-0.05, 0) is 37.4 Å². The van der Waals surface area contributed by atoms with Gasteiger partial charge in [-0.2, -0.15) is 9.97 Å². The molecule has 2 fully saturated rings. The van der Waals surface area contributed by atoms with E-state index in [1.807, 2.05) is 13.8 Å². The second-order valence-corrected chi connectivity index (χ2v) is 8.60. The van der Waals surface area contributed by atoms with Gasteiger partial charge in [0.2, 0.25) is 5.88 Å². The van der Waals surface area contributed by atoms with Crippen LogP contribution >= 0.6 is 11.6 Å². The highest BCUT2D eigenvalue weighted by atomic mass is 35.5. The molecule has 0 saturated carbocycles. The van der Waals surface area contributed by atoms with Crippen LogP contribution in [0.4, 0.5) is 8.78 Å². The number of nitrogens with zero attached hydrogens (tertiary/aromatic N) is 3. The number of benzene rings is 1. The first-order valence-electron chi connectivity index (χ1n) is 9.68. The zero-order valence-corrected chi connectivity index (χ0v) is 16.8. The van der Waals surface area contributed by atoms with E-state index in [1.54, 1.807) is 6.07 Å². The van der Waals surface area contributed by atoms with Crippen LogP contribution in [-0.2, 0) is 0 Å². The Labute approximate surface area is 168 Å². The number of fused-ring (bicyclic) bond motifs is 2. The monoisotopic (exact) mass is 411 g/mol. The number of halogens is 3. The normalized spacial score (nSPS) is 24.9. The smallest absolute Gasteiger partial charge is 0.320 e. The zero-order chi connectivity index (χ0) is 19.9. The molecule has 2 atom stereocenters. The molecule has 4 rings (SSSR count). The third-order valence-corrected chi connectivity index (χ3v) is 5.67. The largest absolute Gasteiger partial charge is 0.477 e. The van der Waals surface area contributed by atoms with Crippen molar-refractivity contribution in [2.75, 3.05) is 26.3 Å². The predicted octanol–water partition coefficient (Wildman–Crippen LogP) is 4.41. The summed E-state index contributed by atoms with van der Waals surface area (Å²) in [5.41, 5.74) is -0.224. The van der Waals surface area contributed by atoms with Crippen molar-refractivity contribution >= 4 is 22.5 Å². The molecule has 0 aliphatic carbocycles. The lowest BCUT2D eigenvalue weighted by molar-refractivity contribution is 0.106. The summed E-state index contributed by atoms with van der Waals surface area (Å²) in [6.07, 6.45) is 1.50. The lowest BCUT2D eigenvalue weighted by atomic mass is 9.95. The van der Waals surface area contributed by atoms with Gasteiger partial charge in [0, 0.05) is 18.0 Å². The van der Waals surface area contributed by atoms with E-state index in [9.17, 15) is 8.78 Å². The Balaban J connectivity index is 1.63.